The maximum atomic E-state index is 12.2. The van der Waals surface area contributed by atoms with Crippen LogP contribution >= 0.6 is 0 Å². The number of hydrogen-bond donors (Lipinski definition) is 0. The van der Waals surface area contributed by atoms with Gasteiger partial charge in [0.1, 0.15) is 0 Å². The van der Waals surface area contributed by atoms with Gasteiger partial charge < -0.3 is 0 Å². The molecule has 0 saturated heterocycles. The second-order valence-corrected chi connectivity index (χ2v) is 9.63. The van der Waals surface area contributed by atoms with Crippen LogP contribution in [0.2, 0.25) is 0 Å². The summed E-state index contributed by atoms with van der Waals surface area (Å²) in [5.74, 6) is -1.49. The van der Waals surface area contributed by atoms with Crippen LogP contribution in [0.4, 0.5) is 0 Å². The van der Waals surface area contributed by atoms with E-state index in [1.807, 2.05) is 39.8 Å². The molecule has 0 bridgehead atoms. The molecule has 1 aliphatic rings. The average Bonchev–Trinajstić information content (AvgIpc) is 2.94. The van der Waals surface area contributed by atoms with Gasteiger partial charge in [-0.3, -0.25) is 0 Å². The van der Waals surface area contributed by atoms with E-state index >= 15 is 0 Å². The summed E-state index contributed by atoms with van der Waals surface area (Å²) < 4.78 is 17.5. The fourth-order valence-electron chi connectivity index (χ4n) is 2.44. The molecule has 0 fully saturated rings. The van der Waals surface area contributed by atoms with E-state index in [1.165, 1.54) is 0 Å². The molecule has 0 radical (unpaired) electrons. The zero-order valence-electron chi connectivity index (χ0n) is 15.6. The van der Waals surface area contributed by atoms with Gasteiger partial charge in [0.2, 0.25) is 0 Å². The van der Waals surface area contributed by atoms with Gasteiger partial charge in [-0.25, -0.2) is 0 Å². The molecular formula is C18H28O6Ti. The van der Waals surface area contributed by atoms with Gasteiger partial charge in [-0.05, 0) is 0 Å². The van der Waals surface area contributed by atoms with E-state index in [4.69, 9.17) is 9.96 Å². The Hall–Kier alpha value is -1.40. The van der Waals surface area contributed by atoms with Gasteiger partial charge in [-0.1, -0.05) is 0 Å². The summed E-state index contributed by atoms with van der Waals surface area (Å²) in [6, 6.07) is 0. The van der Waals surface area contributed by atoms with Crippen LogP contribution in [-0.2, 0) is 42.1 Å². The molecule has 0 spiro atoms. The summed E-state index contributed by atoms with van der Waals surface area (Å²) in [4.78, 5) is 36.6. The molecule has 140 valence electrons. The normalized spacial score (nSPS) is 13.8. The molecule has 0 atom stereocenters. The van der Waals surface area contributed by atoms with Crippen LogP contribution in [0.5, 0.6) is 0 Å². The number of carbonyl (C=O) groups excluding carboxylic acids is 3. The van der Waals surface area contributed by atoms with E-state index in [0.29, 0.717) is 29.6 Å². The number of allylic oxidation sites excluding steroid dienone is 4. The van der Waals surface area contributed by atoms with Gasteiger partial charge in [0.05, 0.1) is 0 Å². The minimum absolute atomic E-state index is 0.184. The Morgan fingerprint density at radius 3 is 1.56 bits per heavy atom. The van der Waals surface area contributed by atoms with Crippen LogP contribution in [0.25, 0.3) is 0 Å². The Balaban J connectivity index is 3.24. The zero-order valence-corrected chi connectivity index (χ0v) is 17.1. The fraction of sp³-hybridized carbons (Fsp3) is 0.611. The van der Waals surface area contributed by atoms with Crippen LogP contribution < -0.4 is 0 Å². The van der Waals surface area contributed by atoms with Crippen molar-refractivity contribution >= 4 is 17.9 Å². The summed E-state index contributed by atoms with van der Waals surface area (Å²) >= 11 is -4.60. The van der Waals surface area contributed by atoms with Gasteiger partial charge in [0.15, 0.2) is 0 Å². The van der Waals surface area contributed by atoms with E-state index in [1.54, 1.807) is 0 Å². The second kappa shape index (κ2) is 10.6. The van der Waals surface area contributed by atoms with Crippen LogP contribution in [0, 0.1) is 0 Å². The SMILES string of the molecule is CCCC(=O)[O][Ti]([O]C(=O)CCC)([O]C(=O)CCC)[C]1=C(C)C=CC1. The van der Waals surface area contributed by atoms with Gasteiger partial charge in [0.25, 0.3) is 0 Å². The van der Waals surface area contributed by atoms with Crippen molar-refractivity contribution in [2.24, 2.45) is 0 Å². The monoisotopic (exact) mass is 388 g/mol. The van der Waals surface area contributed by atoms with Gasteiger partial charge in [-0.15, -0.1) is 0 Å². The molecule has 7 heteroatoms. The first-order valence-corrected chi connectivity index (χ1v) is 11.6. The predicted molar refractivity (Wildman–Crippen MR) is 89.5 cm³/mol. The van der Waals surface area contributed by atoms with Crippen molar-refractivity contribution in [3.05, 3.63) is 21.6 Å². The molecule has 0 aromatic rings. The first-order chi connectivity index (χ1) is 11.9. The van der Waals surface area contributed by atoms with Crippen molar-refractivity contribution in [1.82, 2.24) is 0 Å². The van der Waals surface area contributed by atoms with Crippen molar-refractivity contribution in [3.63, 3.8) is 0 Å². The Bertz CT molecular complexity index is 514. The zero-order chi connectivity index (χ0) is 18.9. The molecule has 0 heterocycles. The number of hydrogen-bond acceptors (Lipinski definition) is 6. The van der Waals surface area contributed by atoms with Gasteiger partial charge >= 0.3 is 154 Å². The molecule has 0 aromatic heterocycles. The Morgan fingerprint density at radius 2 is 1.28 bits per heavy atom. The minimum atomic E-state index is -4.60. The molecular weight excluding hydrogens is 360 g/mol. The van der Waals surface area contributed by atoms with E-state index in [0.717, 1.165) is 5.57 Å². The molecule has 1 aliphatic carbocycles. The standard InChI is InChI=1S/C6H7.3C4H8O2.Ti/c1-6-4-2-3-5-6;3*1-2-3-4(5)6;/h2,4H,3H2,1H3;3*2-3H2,1H3,(H,5,6);/q;;;;+3/p-3. The molecule has 0 saturated carbocycles. The second-order valence-electron chi connectivity index (χ2n) is 6.00. The molecule has 6 nitrogen and oxygen atoms in total. The van der Waals surface area contributed by atoms with Crippen molar-refractivity contribution in [2.45, 2.75) is 72.6 Å². The van der Waals surface area contributed by atoms with Crippen LogP contribution in [0.3, 0.4) is 0 Å². The van der Waals surface area contributed by atoms with E-state index in [-0.39, 0.29) is 19.3 Å². The van der Waals surface area contributed by atoms with Crippen LogP contribution in [0.15, 0.2) is 21.6 Å². The van der Waals surface area contributed by atoms with E-state index in [2.05, 4.69) is 0 Å². The number of carbonyl (C=O) groups is 3. The first-order valence-electron chi connectivity index (χ1n) is 8.90. The molecule has 0 unspecified atom stereocenters. The van der Waals surface area contributed by atoms with Crippen LogP contribution in [0.1, 0.15) is 72.6 Å². The quantitative estimate of drug-likeness (QED) is 0.523. The van der Waals surface area contributed by atoms with E-state index in [9.17, 15) is 14.4 Å². The summed E-state index contributed by atoms with van der Waals surface area (Å²) in [5.41, 5.74) is 0.831. The summed E-state index contributed by atoms with van der Waals surface area (Å²) in [5, 5.41) is 0. The third-order valence-corrected chi connectivity index (χ3v) is 8.06. The van der Waals surface area contributed by atoms with Crippen molar-refractivity contribution < 1.29 is 42.1 Å². The van der Waals surface area contributed by atoms with Crippen molar-refractivity contribution in [3.8, 4) is 0 Å². The maximum absolute atomic E-state index is 12.2. The molecule has 0 amide bonds. The first kappa shape index (κ1) is 21.6. The summed E-state index contributed by atoms with van der Waals surface area (Å²) in [7, 11) is 0. The Morgan fingerprint density at radius 1 is 0.880 bits per heavy atom. The predicted octanol–water partition coefficient (Wildman–Crippen LogP) is 4.15. The van der Waals surface area contributed by atoms with Crippen molar-refractivity contribution in [1.29, 1.82) is 0 Å². The topological polar surface area (TPSA) is 78.9 Å². The van der Waals surface area contributed by atoms with Gasteiger partial charge in [-0.2, -0.15) is 0 Å². The van der Waals surface area contributed by atoms with Crippen molar-refractivity contribution in [2.75, 3.05) is 0 Å². The molecule has 0 N–H and O–H groups in total. The summed E-state index contributed by atoms with van der Waals surface area (Å²) in [6.45, 7) is 7.39. The summed E-state index contributed by atoms with van der Waals surface area (Å²) in [6.07, 6.45) is 6.56. The van der Waals surface area contributed by atoms with E-state index < -0.39 is 35.7 Å². The average molecular weight is 388 g/mol. The molecule has 25 heavy (non-hydrogen) atoms. The molecule has 0 aliphatic heterocycles. The van der Waals surface area contributed by atoms with Crippen LogP contribution in [-0.4, -0.2) is 17.9 Å². The Labute approximate surface area is 154 Å². The number of rotatable bonds is 10. The molecule has 1 rings (SSSR count). The molecule has 0 aromatic carbocycles. The Kier molecular flexibility index (Phi) is 9.15. The fourth-order valence-corrected chi connectivity index (χ4v) is 6.56. The third kappa shape index (κ3) is 6.44. The van der Waals surface area contributed by atoms with Gasteiger partial charge in [0, 0.05) is 0 Å². The third-order valence-electron chi connectivity index (χ3n) is 3.64.